The number of carboxylic acid groups (broad SMARTS) is 1. The van der Waals surface area contributed by atoms with Crippen LogP contribution in [0.25, 0.3) is 5.53 Å². The average molecular weight is 326 g/mol. The molecule has 1 rings (SSSR count). The zero-order valence-electron chi connectivity index (χ0n) is 11.9. The van der Waals surface area contributed by atoms with E-state index in [2.05, 4.69) is 18.4 Å². The van der Waals surface area contributed by atoms with Crippen molar-refractivity contribution in [1.82, 2.24) is 5.32 Å². The second-order valence-electron chi connectivity index (χ2n) is 4.28. The monoisotopic (exact) mass is 326 g/mol. The van der Waals surface area contributed by atoms with Gasteiger partial charge in [0.15, 0.2) is 18.1 Å². The number of ketones is 1. The van der Waals surface area contributed by atoms with Crippen molar-refractivity contribution >= 4 is 24.1 Å². The molecule has 0 radical (unpaired) electrons. The molecule has 1 atom stereocenters. The lowest BCUT2D eigenvalue weighted by Crippen LogP contribution is -2.48. The lowest BCUT2D eigenvalue weighted by Gasteiger charge is -2.18. The maximum atomic E-state index is 11.5. The third-order valence-corrected chi connectivity index (χ3v) is 2.63. The minimum absolute atomic E-state index is 0.0236. The molecule has 0 saturated heterocycles. The zero-order chi connectivity index (χ0) is 17.4. The summed E-state index contributed by atoms with van der Waals surface area (Å²) in [6.45, 7) is 0.971. The highest BCUT2D eigenvalue weighted by molar-refractivity contribution is 6.25. The number of aliphatic carboxylic acids is 1. The number of carbonyl (C=O) groups excluding carboxylic acids is 3. The zero-order valence-corrected chi connectivity index (χ0v) is 11.9. The van der Waals surface area contributed by atoms with Gasteiger partial charge >= 0.3 is 18.1 Å². The Labute approximate surface area is 128 Å². The Bertz CT molecular complexity index is 697. The van der Waals surface area contributed by atoms with Crippen molar-refractivity contribution in [1.29, 1.82) is 0 Å². The highest BCUT2D eigenvalue weighted by Gasteiger charge is 2.18. The van der Waals surface area contributed by atoms with Crippen LogP contribution in [0.15, 0.2) is 13.6 Å². The summed E-state index contributed by atoms with van der Waals surface area (Å²) in [6, 6.07) is -1.49. The molecule has 0 aliphatic rings. The maximum absolute atomic E-state index is 11.5. The second kappa shape index (κ2) is 8.29. The first kappa shape index (κ1) is 17.9. The number of Topliss-reactive ketones (excluding diaryl/α,β-unsaturated/α-hetero) is 1. The smallest absolute Gasteiger partial charge is 0.519 e. The number of nitrogens with zero attached hydrogens (tertiary/aromatic N) is 2. The van der Waals surface area contributed by atoms with Gasteiger partial charge in [0.05, 0.1) is 12.0 Å². The Morgan fingerprint density at radius 3 is 2.65 bits per heavy atom. The summed E-state index contributed by atoms with van der Waals surface area (Å²) >= 11 is 0. The molecule has 124 valence electrons. The highest BCUT2D eigenvalue weighted by Crippen LogP contribution is 2.06. The van der Waals surface area contributed by atoms with Crippen molar-refractivity contribution in [3.05, 3.63) is 27.7 Å². The van der Waals surface area contributed by atoms with Crippen LogP contribution in [0.5, 0.6) is 0 Å². The molecule has 0 fully saturated rings. The molecule has 1 amide bonds. The maximum Gasteiger partial charge on any atom is 0.519 e. The van der Waals surface area contributed by atoms with Crippen LogP contribution in [0.3, 0.4) is 0 Å². The normalized spacial score (nSPS) is 11.2. The van der Waals surface area contributed by atoms with Crippen molar-refractivity contribution in [2.75, 3.05) is 0 Å². The van der Waals surface area contributed by atoms with Crippen molar-refractivity contribution < 1.29 is 37.9 Å². The van der Waals surface area contributed by atoms with E-state index < -0.39 is 36.3 Å². The van der Waals surface area contributed by atoms with Gasteiger partial charge in [-0.2, -0.15) is 4.79 Å². The van der Waals surface area contributed by atoms with Crippen LogP contribution in [-0.2, 0) is 20.9 Å². The number of amides is 1. The first-order valence-electron chi connectivity index (χ1n) is 6.27. The summed E-state index contributed by atoms with van der Waals surface area (Å²) in [5.41, 5.74) is 8.15. The Morgan fingerprint density at radius 2 is 2.13 bits per heavy atom. The Morgan fingerprint density at radius 1 is 1.43 bits per heavy atom. The van der Waals surface area contributed by atoms with E-state index in [0.29, 0.717) is 6.21 Å². The van der Waals surface area contributed by atoms with Gasteiger partial charge in [0.25, 0.3) is 0 Å². The van der Waals surface area contributed by atoms with E-state index in [1.165, 1.54) is 6.92 Å². The largest absolute Gasteiger partial charge is 0.548 e. The first-order valence-corrected chi connectivity index (χ1v) is 6.27. The number of carboxylic acids is 1. The number of nitrogens with one attached hydrogen (secondary N) is 1. The second-order valence-corrected chi connectivity index (χ2v) is 4.28. The molecular formula is C12H12N3O8-. The van der Waals surface area contributed by atoms with E-state index in [1.807, 2.05) is 5.32 Å². The third-order valence-electron chi connectivity index (χ3n) is 2.63. The van der Waals surface area contributed by atoms with Gasteiger partial charge in [0.2, 0.25) is 5.78 Å². The van der Waals surface area contributed by atoms with Crippen LogP contribution < -0.4 is 16.2 Å². The standard InChI is InChI=1S/C12H13N3O8/c1-6-9(23-12(20)22-6)5-21-11(19)15-8(10(17)18)3-2-7(16)4-14-13/h4,8H,2-3,5H2,1H3,(H,15,19)(H,17,18)/p-1. The molecule has 0 saturated carbocycles. The molecule has 11 heteroatoms. The van der Waals surface area contributed by atoms with Crippen molar-refractivity contribution in [3.63, 3.8) is 0 Å². The SMILES string of the molecule is Cc1oc(=O)oc1COC(=O)NC(CCC(=O)C=[N+]=[N-])C(=O)[O-]. The van der Waals surface area contributed by atoms with Gasteiger partial charge in [-0.25, -0.2) is 9.59 Å². The number of alkyl carbamates (subject to hydrolysis) is 1. The molecule has 1 unspecified atom stereocenters. The summed E-state index contributed by atoms with van der Waals surface area (Å²) < 4.78 is 13.8. The van der Waals surface area contributed by atoms with Crippen LogP contribution >= 0.6 is 0 Å². The minimum atomic E-state index is -1.62. The minimum Gasteiger partial charge on any atom is -0.548 e. The summed E-state index contributed by atoms with van der Waals surface area (Å²) in [6.07, 6.45) is -1.10. The summed E-state index contributed by atoms with van der Waals surface area (Å²) in [4.78, 5) is 46.8. The van der Waals surface area contributed by atoms with Gasteiger partial charge in [0.1, 0.15) is 0 Å². The predicted octanol–water partition coefficient (Wildman–Crippen LogP) is -1.46. The molecule has 1 N–H and O–H groups in total. The molecule has 0 aromatic carbocycles. The van der Waals surface area contributed by atoms with Crippen molar-refractivity contribution in [3.8, 4) is 0 Å². The Hall–Kier alpha value is -3.20. The van der Waals surface area contributed by atoms with Crippen LogP contribution in [0, 0.1) is 6.92 Å². The topological polar surface area (TPSA) is 175 Å². The van der Waals surface area contributed by atoms with Gasteiger partial charge in [-0.3, -0.25) is 4.79 Å². The molecule has 11 nitrogen and oxygen atoms in total. The molecule has 1 aromatic rings. The van der Waals surface area contributed by atoms with Gasteiger partial charge < -0.3 is 34.3 Å². The van der Waals surface area contributed by atoms with Crippen molar-refractivity contribution in [2.45, 2.75) is 32.4 Å². The van der Waals surface area contributed by atoms with E-state index in [1.54, 1.807) is 0 Å². The van der Waals surface area contributed by atoms with E-state index >= 15 is 0 Å². The van der Waals surface area contributed by atoms with E-state index in [0.717, 1.165) is 0 Å². The number of aryl methyl sites for hydroxylation is 1. The fourth-order valence-electron chi connectivity index (χ4n) is 1.49. The number of ether oxygens (including phenoxy) is 1. The lowest BCUT2D eigenvalue weighted by atomic mass is 10.1. The number of carbonyl (C=O) groups is 3. The Balaban J connectivity index is 2.52. The highest BCUT2D eigenvalue weighted by atomic mass is 16.6. The van der Waals surface area contributed by atoms with Crippen LogP contribution in [-0.4, -0.2) is 34.9 Å². The predicted molar refractivity (Wildman–Crippen MR) is 68.0 cm³/mol. The van der Waals surface area contributed by atoms with E-state index in [9.17, 15) is 24.3 Å². The number of hydrogen-bond acceptors (Lipinski definition) is 8. The fourth-order valence-corrected chi connectivity index (χ4v) is 1.49. The molecule has 0 aliphatic heterocycles. The van der Waals surface area contributed by atoms with Gasteiger partial charge in [-0.15, -0.1) is 0 Å². The van der Waals surface area contributed by atoms with Crippen LogP contribution in [0.1, 0.15) is 24.4 Å². The summed E-state index contributed by atoms with van der Waals surface area (Å²) in [5, 5.41) is 12.9. The van der Waals surface area contributed by atoms with Gasteiger partial charge in [-0.05, 0) is 13.3 Å². The van der Waals surface area contributed by atoms with Gasteiger partial charge in [-0.1, -0.05) is 0 Å². The molecule has 1 aromatic heterocycles. The van der Waals surface area contributed by atoms with Crippen LogP contribution in [0.2, 0.25) is 0 Å². The lowest BCUT2D eigenvalue weighted by molar-refractivity contribution is -0.308. The van der Waals surface area contributed by atoms with Crippen molar-refractivity contribution in [2.24, 2.45) is 0 Å². The number of hydrogen-bond donors (Lipinski definition) is 1. The summed E-state index contributed by atoms with van der Waals surface area (Å²) in [7, 11) is 0. The van der Waals surface area contributed by atoms with Gasteiger partial charge in [0, 0.05) is 6.42 Å². The molecule has 23 heavy (non-hydrogen) atoms. The Kier molecular flexibility index (Phi) is 6.44. The fraction of sp³-hybridized carbons (Fsp3) is 0.417. The molecule has 0 spiro atoms. The molecule has 1 heterocycles. The van der Waals surface area contributed by atoms with Crippen LogP contribution in [0.4, 0.5) is 4.79 Å². The summed E-state index contributed by atoms with van der Waals surface area (Å²) in [5.74, 6) is -3.12. The van der Waals surface area contributed by atoms with E-state index in [-0.39, 0.29) is 24.4 Å². The quantitative estimate of drug-likeness (QED) is 0.342. The third kappa shape index (κ3) is 5.98. The molecule has 0 bridgehead atoms. The molecular weight excluding hydrogens is 314 g/mol. The molecule has 0 aliphatic carbocycles. The number of rotatable bonds is 8. The average Bonchev–Trinajstić information content (AvgIpc) is 2.79. The van der Waals surface area contributed by atoms with E-state index in [4.69, 9.17) is 5.53 Å². The first-order chi connectivity index (χ1) is 10.8.